The Morgan fingerprint density at radius 3 is 2.38 bits per heavy atom. The number of fused-ring (bicyclic) bond motifs is 1. The lowest BCUT2D eigenvalue weighted by atomic mass is 9.83. The maximum Gasteiger partial charge on any atom is 0.225 e. The van der Waals surface area contributed by atoms with Gasteiger partial charge in [-0.1, -0.05) is 38.1 Å². The van der Waals surface area contributed by atoms with Crippen molar-refractivity contribution in [3.8, 4) is 11.5 Å². The molecule has 1 heterocycles. The van der Waals surface area contributed by atoms with Gasteiger partial charge in [0.25, 0.3) is 0 Å². The summed E-state index contributed by atoms with van der Waals surface area (Å²) in [7, 11) is 3.25. The number of carbonyl (C=O) groups is 1. The van der Waals surface area contributed by atoms with E-state index in [1.807, 2.05) is 12.1 Å². The maximum absolute atomic E-state index is 12.2. The Morgan fingerprint density at radius 2 is 1.79 bits per heavy atom. The molecular weight excluding hydrogens is 302 g/mol. The molecule has 1 atom stereocenters. The van der Waals surface area contributed by atoms with E-state index in [-0.39, 0.29) is 11.8 Å². The van der Waals surface area contributed by atoms with Gasteiger partial charge in [0.1, 0.15) is 11.5 Å². The summed E-state index contributed by atoms with van der Waals surface area (Å²) in [5.41, 5.74) is 4.19. The molecule has 0 aliphatic carbocycles. The monoisotopic (exact) mass is 325 g/mol. The maximum atomic E-state index is 12.2. The van der Waals surface area contributed by atoms with E-state index in [0.29, 0.717) is 18.1 Å². The lowest BCUT2D eigenvalue weighted by Crippen LogP contribution is -2.24. The van der Waals surface area contributed by atoms with Crippen LogP contribution in [0, 0.1) is 0 Å². The summed E-state index contributed by atoms with van der Waals surface area (Å²) in [6, 6.07) is 12.2. The van der Waals surface area contributed by atoms with Crippen LogP contribution in [0.5, 0.6) is 11.5 Å². The highest BCUT2D eigenvalue weighted by atomic mass is 16.5. The number of methoxy groups -OCH3 is 2. The molecule has 3 rings (SSSR count). The van der Waals surface area contributed by atoms with Crippen LogP contribution in [-0.4, -0.2) is 20.1 Å². The molecular formula is C20H23NO3. The van der Waals surface area contributed by atoms with E-state index >= 15 is 0 Å². The third-order valence-electron chi connectivity index (χ3n) is 4.59. The molecule has 0 spiro atoms. The molecule has 4 heteroatoms. The zero-order valence-corrected chi connectivity index (χ0v) is 14.6. The summed E-state index contributed by atoms with van der Waals surface area (Å²) in [5.74, 6) is 1.88. The van der Waals surface area contributed by atoms with Gasteiger partial charge in [0, 0.05) is 30.0 Å². The van der Waals surface area contributed by atoms with Crippen LogP contribution < -0.4 is 14.8 Å². The van der Waals surface area contributed by atoms with Gasteiger partial charge >= 0.3 is 0 Å². The summed E-state index contributed by atoms with van der Waals surface area (Å²) >= 11 is 0. The van der Waals surface area contributed by atoms with Crippen molar-refractivity contribution in [2.45, 2.75) is 32.1 Å². The van der Waals surface area contributed by atoms with E-state index in [1.165, 1.54) is 5.56 Å². The van der Waals surface area contributed by atoms with Gasteiger partial charge in [-0.2, -0.15) is 0 Å². The number of anilines is 1. The zero-order valence-electron chi connectivity index (χ0n) is 14.6. The number of nitrogens with one attached hydrogen (secondary N) is 1. The van der Waals surface area contributed by atoms with Gasteiger partial charge < -0.3 is 14.8 Å². The first-order valence-corrected chi connectivity index (χ1v) is 8.19. The average molecular weight is 325 g/mol. The van der Waals surface area contributed by atoms with Crippen LogP contribution in [0.2, 0.25) is 0 Å². The molecule has 4 nitrogen and oxygen atoms in total. The van der Waals surface area contributed by atoms with E-state index < -0.39 is 0 Å². The molecule has 0 unspecified atom stereocenters. The molecule has 1 aliphatic rings. The van der Waals surface area contributed by atoms with Crippen molar-refractivity contribution in [3.05, 3.63) is 53.1 Å². The number of amides is 1. The van der Waals surface area contributed by atoms with E-state index in [9.17, 15) is 4.79 Å². The second-order valence-electron chi connectivity index (χ2n) is 6.42. The standard InChI is InChI=1S/C20H23NO3/c1-12(2)13-5-7-14(8-6-13)16-11-19(22)21-17-9-15(23-3)10-18(24-4)20(16)17/h5-10,12,16H,11H2,1-4H3,(H,21,22)/t16-/m1/s1. The number of carbonyl (C=O) groups excluding carboxylic acids is 1. The molecule has 126 valence electrons. The Morgan fingerprint density at radius 1 is 1.08 bits per heavy atom. The molecule has 0 saturated heterocycles. The smallest absolute Gasteiger partial charge is 0.225 e. The van der Waals surface area contributed by atoms with Crippen molar-refractivity contribution in [3.63, 3.8) is 0 Å². The van der Waals surface area contributed by atoms with E-state index in [1.54, 1.807) is 14.2 Å². The van der Waals surface area contributed by atoms with Crippen LogP contribution in [0.25, 0.3) is 0 Å². The molecule has 1 N–H and O–H groups in total. The summed E-state index contributed by atoms with van der Waals surface area (Å²) in [6.07, 6.45) is 0.413. The Labute approximate surface area is 142 Å². The molecule has 1 aliphatic heterocycles. The molecule has 24 heavy (non-hydrogen) atoms. The van der Waals surface area contributed by atoms with Crippen LogP contribution >= 0.6 is 0 Å². The normalized spacial score (nSPS) is 16.5. The highest BCUT2D eigenvalue weighted by Crippen LogP contribution is 2.44. The van der Waals surface area contributed by atoms with Gasteiger partial charge in [-0.05, 0) is 17.0 Å². The van der Waals surface area contributed by atoms with E-state index in [2.05, 4.69) is 43.4 Å². The lowest BCUT2D eigenvalue weighted by molar-refractivity contribution is -0.116. The van der Waals surface area contributed by atoms with Gasteiger partial charge in [0.05, 0.1) is 19.9 Å². The molecule has 0 fully saturated rings. The van der Waals surface area contributed by atoms with E-state index in [4.69, 9.17) is 9.47 Å². The van der Waals surface area contributed by atoms with Crippen molar-refractivity contribution in [1.82, 2.24) is 0 Å². The summed E-state index contributed by atoms with van der Waals surface area (Å²) in [5, 5.41) is 2.94. The third-order valence-corrected chi connectivity index (χ3v) is 4.59. The number of ether oxygens (including phenoxy) is 2. The van der Waals surface area contributed by atoms with Gasteiger partial charge in [0.2, 0.25) is 5.91 Å². The molecule has 1 amide bonds. The largest absolute Gasteiger partial charge is 0.497 e. The molecule has 0 aromatic heterocycles. The van der Waals surface area contributed by atoms with Crippen LogP contribution in [0.3, 0.4) is 0 Å². The zero-order chi connectivity index (χ0) is 17.3. The Kier molecular flexibility index (Phi) is 4.47. The molecule has 0 saturated carbocycles. The predicted molar refractivity (Wildman–Crippen MR) is 95.2 cm³/mol. The van der Waals surface area contributed by atoms with Crippen LogP contribution in [0.15, 0.2) is 36.4 Å². The second kappa shape index (κ2) is 6.56. The Bertz CT molecular complexity index is 750. The fraction of sp³-hybridized carbons (Fsp3) is 0.350. The molecule has 2 aromatic carbocycles. The number of benzene rings is 2. The molecule has 0 bridgehead atoms. The van der Waals surface area contributed by atoms with Crippen molar-refractivity contribution in [1.29, 1.82) is 0 Å². The van der Waals surface area contributed by atoms with Crippen molar-refractivity contribution in [2.24, 2.45) is 0 Å². The highest BCUT2D eigenvalue weighted by molar-refractivity contribution is 5.96. The molecule has 0 radical (unpaired) electrons. The van der Waals surface area contributed by atoms with Gasteiger partial charge in [-0.15, -0.1) is 0 Å². The second-order valence-corrected chi connectivity index (χ2v) is 6.42. The van der Waals surface area contributed by atoms with Crippen molar-refractivity contribution in [2.75, 3.05) is 19.5 Å². The minimum absolute atomic E-state index is 0.00995. The van der Waals surface area contributed by atoms with Crippen LogP contribution in [0.4, 0.5) is 5.69 Å². The first-order chi connectivity index (χ1) is 11.5. The number of hydrogen-bond acceptors (Lipinski definition) is 3. The predicted octanol–water partition coefficient (Wildman–Crippen LogP) is 4.30. The fourth-order valence-electron chi connectivity index (χ4n) is 3.24. The van der Waals surface area contributed by atoms with Gasteiger partial charge in [-0.3, -0.25) is 4.79 Å². The SMILES string of the molecule is COc1cc2c(c(OC)c1)[C@@H](c1ccc(C(C)C)cc1)CC(=O)N2. The van der Waals surface area contributed by atoms with Gasteiger partial charge in [-0.25, -0.2) is 0 Å². The lowest BCUT2D eigenvalue weighted by Gasteiger charge is -2.28. The summed E-state index contributed by atoms with van der Waals surface area (Å²) in [4.78, 5) is 12.2. The van der Waals surface area contributed by atoms with Crippen molar-refractivity contribution < 1.29 is 14.3 Å². The third kappa shape index (κ3) is 2.96. The topological polar surface area (TPSA) is 47.6 Å². The van der Waals surface area contributed by atoms with E-state index in [0.717, 1.165) is 22.6 Å². The highest BCUT2D eigenvalue weighted by Gasteiger charge is 2.30. The summed E-state index contributed by atoms with van der Waals surface area (Å²) < 4.78 is 10.9. The first kappa shape index (κ1) is 16.4. The quantitative estimate of drug-likeness (QED) is 0.911. The summed E-state index contributed by atoms with van der Waals surface area (Å²) in [6.45, 7) is 4.35. The van der Waals surface area contributed by atoms with Crippen molar-refractivity contribution >= 4 is 11.6 Å². The van der Waals surface area contributed by atoms with Gasteiger partial charge in [0.15, 0.2) is 0 Å². The molecule has 2 aromatic rings. The van der Waals surface area contributed by atoms with Crippen LogP contribution in [0.1, 0.15) is 48.8 Å². The van der Waals surface area contributed by atoms with Crippen LogP contribution in [-0.2, 0) is 4.79 Å². The minimum atomic E-state index is -0.0178. The minimum Gasteiger partial charge on any atom is -0.497 e. The number of rotatable bonds is 4. The Balaban J connectivity index is 2.09. The average Bonchev–Trinajstić information content (AvgIpc) is 2.59. The number of hydrogen-bond donors (Lipinski definition) is 1. The first-order valence-electron chi connectivity index (χ1n) is 8.19. The Hall–Kier alpha value is -2.49. The fourth-order valence-corrected chi connectivity index (χ4v) is 3.24.